The summed E-state index contributed by atoms with van der Waals surface area (Å²) in [4.78, 5) is 41.1. The third-order valence-corrected chi connectivity index (χ3v) is 3.97. The average Bonchev–Trinajstić information content (AvgIpc) is 2.92. The molecule has 0 fully saturated rings. The minimum atomic E-state index is -1.27. The van der Waals surface area contributed by atoms with E-state index in [0.717, 1.165) is 11.3 Å². The van der Waals surface area contributed by atoms with Crippen LogP contribution in [0, 0.1) is 6.92 Å². The number of hydrogen-bond donors (Lipinski definition) is 4. The molecule has 0 saturated heterocycles. The van der Waals surface area contributed by atoms with Gasteiger partial charge in [-0.05, 0) is 24.6 Å². The number of H-pyrrole nitrogens is 1. The molecule has 0 spiro atoms. The van der Waals surface area contributed by atoms with Crippen molar-refractivity contribution in [2.75, 3.05) is 25.5 Å². The van der Waals surface area contributed by atoms with E-state index in [-0.39, 0.29) is 5.65 Å². The molecule has 0 bridgehead atoms. The van der Waals surface area contributed by atoms with Crippen molar-refractivity contribution >= 4 is 34.2 Å². The maximum absolute atomic E-state index is 12.3. The van der Waals surface area contributed by atoms with Gasteiger partial charge in [-0.3, -0.25) is 19.5 Å². The summed E-state index contributed by atoms with van der Waals surface area (Å²) in [7, 11) is 3.74. The monoisotopic (exact) mass is 359 g/mol. The molecule has 0 aliphatic heterocycles. The second-order valence-corrected chi connectivity index (χ2v) is 6.04. The average molecular weight is 359 g/mol. The van der Waals surface area contributed by atoms with Crippen LogP contribution in [-0.2, 0) is 4.79 Å². The van der Waals surface area contributed by atoms with Crippen molar-refractivity contribution in [3.63, 3.8) is 0 Å². The predicted molar refractivity (Wildman–Crippen MR) is 94.0 cm³/mol. The molecule has 10 nitrogen and oxygen atoms in total. The molecule has 0 radical (unpaired) electrons. The lowest BCUT2D eigenvalue weighted by Crippen LogP contribution is -2.34. The Kier molecular flexibility index (Phi) is 4.03. The predicted octanol–water partition coefficient (Wildman–Crippen LogP) is 0.0702. The molecule has 10 heteroatoms. The summed E-state index contributed by atoms with van der Waals surface area (Å²) in [6.45, 7) is 1.17. The van der Waals surface area contributed by atoms with Gasteiger partial charge in [0.25, 0.3) is 11.5 Å². The van der Waals surface area contributed by atoms with Crippen LogP contribution in [0.15, 0.2) is 16.9 Å². The summed E-state index contributed by atoms with van der Waals surface area (Å²) in [5, 5.41) is 23.6. The SMILES string of the molecule is Cc1cc(N(C)C)cc2c1nc1c(O)c(C(=O)NCC(=O)O)c(=O)[nH]n12. The van der Waals surface area contributed by atoms with Gasteiger partial charge in [0.15, 0.2) is 17.0 Å². The number of rotatable bonds is 4. The number of amides is 1. The van der Waals surface area contributed by atoms with E-state index in [1.165, 1.54) is 4.52 Å². The number of carbonyl (C=O) groups excluding carboxylic acids is 1. The quantitative estimate of drug-likeness (QED) is 0.517. The van der Waals surface area contributed by atoms with Gasteiger partial charge in [-0.1, -0.05) is 0 Å². The van der Waals surface area contributed by atoms with Gasteiger partial charge in [-0.2, -0.15) is 0 Å². The zero-order valence-corrected chi connectivity index (χ0v) is 14.3. The van der Waals surface area contributed by atoms with Crippen LogP contribution in [0.2, 0.25) is 0 Å². The van der Waals surface area contributed by atoms with Crippen LogP contribution in [0.4, 0.5) is 5.69 Å². The number of benzene rings is 1. The number of aryl methyl sites for hydroxylation is 1. The number of nitrogens with zero attached hydrogens (tertiary/aromatic N) is 3. The molecule has 0 atom stereocenters. The Bertz CT molecular complexity index is 1110. The number of carboxylic acids is 1. The summed E-state index contributed by atoms with van der Waals surface area (Å²) >= 11 is 0. The Morgan fingerprint density at radius 3 is 2.65 bits per heavy atom. The van der Waals surface area contributed by atoms with Crippen LogP contribution in [0.5, 0.6) is 5.75 Å². The number of aliphatic carboxylic acids is 1. The molecule has 2 aromatic heterocycles. The number of aromatic hydroxyl groups is 1. The molecular formula is C16H17N5O5. The number of carboxylic acid groups (broad SMARTS) is 1. The number of imidazole rings is 1. The van der Waals surface area contributed by atoms with Crippen molar-refractivity contribution in [2.24, 2.45) is 0 Å². The second-order valence-electron chi connectivity index (χ2n) is 6.04. The lowest BCUT2D eigenvalue weighted by molar-refractivity contribution is -0.135. The van der Waals surface area contributed by atoms with E-state index < -0.39 is 35.3 Å². The summed E-state index contributed by atoms with van der Waals surface area (Å²) < 4.78 is 1.31. The fourth-order valence-electron chi connectivity index (χ4n) is 2.69. The summed E-state index contributed by atoms with van der Waals surface area (Å²) in [5.41, 5.74) is 1.38. The summed E-state index contributed by atoms with van der Waals surface area (Å²) in [5.74, 6) is -2.88. The highest BCUT2D eigenvalue weighted by Crippen LogP contribution is 2.28. The van der Waals surface area contributed by atoms with E-state index in [9.17, 15) is 19.5 Å². The van der Waals surface area contributed by atoms with Gasteiger partial charge in [0.1, 0.15) is 6.54 Å². The van der Waals surface area contributed by atoms with Crippen LogP contribution in [-0.4, -0.2) is 57.3 Å². The van der Waals surface area contributed by atoms with Crippen molar-refractivity contribution in [3.8, 4) is 5.75 Å². The molecule has 1 aromatic carbocycles. The molecule has 0 aliphatic rings. The van der Waals surface area contributed by atoms with Gasteiger partial charge < -0.3 is 20.4 Å². The minimum Gasteiger partial charge on any atom is -0.504 e. The number of hydrogen-bond acceptors (Lipinski definition) is 6. The number of nitrogens with one attached hydrogen (secondary N) is 2. The number of aromatic nitrogens is 3. The van der Waals surface area contributed by atoms with E-state index in [1.54, 1.807) is 6.07 Å². The Morgan fingerprint density at radius 1 is 1.35 bits per heavy atom. The van der Waals surface area contributed by atoms with Gasteiger partial charge in [-0.15, -0.1) is 0 Å². The molecule has 3 rings (SSSR count). The third-order valence-electron chi connectivity index (χ3n) is 3.97. The smallest absolute Gasteiger partial charge is 0.322 e. The van der Waals surface area contributed by atoms with Gasteiger partial charge in [-0.25, -0.2) is 9.50 Å². The number of aromatic amines is 1. The summed E-state index contributed by atoms with van der Waals surface area (Å²) in [6, 6.07) is 3.70. The normalized spacial score (nSPS) is 11.0. The fraction of sp³-hybridized carbons (Fsp3) is 0.250. The maximum atomic E-state index is 12.3. The van der Waals surface area contributed by atoms with Crippen molar-refractivity contribution in [1.82, 2.24) is 19.9 Å². The Labute approximate surface area is 146 Å². The lowest BCUT2D eigenvalue weighted by atomic mass is 10.2. The first-order valence-electron chi connectivity index (χ1n) is 7.66. The second kappa shape index (κ2) is 6.06. The molecule has 1 amide bonds. The highest BCUT2D eigenvalue weighted by Gasteiger charge is 2.23. The topological polar surface area (TPSA) is 140 Å². The Morgan fingerprint density at radius 2 is 2.04 bits per heavy atom. The third kappa shape index (κ3) is 2.70. The van der Waals surface area contributed by atoms with Crippen molar-refractivity contribution in [2.45, 2.75) is 6.92 Å². The van der Waals surface area contributed by atoms with Crippen LogP contribution >= 0.6 is 0 Å². The van der Waals surface area contributed by atoms with Gasteiger partial charge >= 0.3 is 5.97 Å². The first-order valence-corrected chi connectivity index (χ1v) is 7.66. The van der Waals surface area contributed by atoms with Crippen LogP contribution < -0.4 is 15.8 Å². The van der Waals surface area contributed by atoms with Crippen molar-refractivity contribution < 1.29 is 19.8 Å². The zero-order valence-electron chi connectivity index (χ0n) is 14.3. The number of carbonyl (C=O) groups is 2. The highest BCUT2D eigenvalue weighted by molar-refractivity contribution is 6.00. The number of anilines is 1. The van der Waals surface area contributed by atoms with Crippen LogP contribution in [0.25, 0.3) is 16.7 Å². The molecule has 3 aromatic rings. The zero-order chi connectivity index (χ0) is 19.2. The molecule has 26 heavy (non-hydrogen) atoms. The van der Waals surface area contributed by atoms with Crippen molar-refractivity contribution in [3.05, 3.63) is 33.6 Å². The van der Waals surface area contributed by atoms with E-state index in [0.29, 0.717) is 11.0 Å². The molecule has 2 heterocycles. The van der Waals surface area contributed by atoms with E-state index >= 15 is 0 Å². The standard InChI is InChI=1S/C16H17N5O5/c1-7-4-8(20(2)3)5-9-12(7)18-14-13(24)11(16(26)19-21(9)14)15(25)17-6-10(22)23/h4-5,24H,6H2,1-3H3,(H,17,25)(H,19,26)(H,22,23). The first kappa shape index (κ1) is 17.3. The maximum Gasteiger partial charge on any atom is 0.322 e. The van der Waals surface area contributed by atoms with E-state index in [1.807, 2.05) is 32.0 Å². The van der Waals surface area contributed by atoms with E-state index in [2.05, 4.69) is 15.4 Å². The molecule has 4 N–H and O–H groups in total. The summed E-state index contributed by atoms with van der Waals surface area (Å²) in [6.07, 6.45) is 0. The van der Waals surface area contributed by atoms with Crippen molar-refractivity contribution in [1.29, 1.82) is 0 Å². The molecule has 136 valence electrons. The number of fused-ring (bicyclic) bond motifs is 3. The largest absolute Gasteiger partial charge is 0.504 e. The Hall–Kier alpha value is -3.56. The van der Waals surface area contributed by atoms with E-state index in [4.69, 9.17) is 5.11 Å². The molecule has 0 unspecified atom stereocenters. The molecule has 0 aliphatic carbocycles. The first-order chi connectivity index (χ1) is 12.2. The highest BCUT2D eigenvalue weighted by atomic mass is 16.4. The Balaban J connectivity index is 2.26. The lowest BCUT2D eigenvalue weighted by Gasteiger charge is -2.13. The van der Waals surface area contributed by atoms with Crippen LogP contribution in [0.1, 0.15) is 15.9 Å². The van der Waals surface area contributed by atoms with Crippen LogP contribution in [0.3, 0.4) is 0 Å². The van der Waals surface area contributed by atoms with Gasteiger partial charge in [0, 0.05) is 19.8 Å². The fourth-order valence-corrected chi connectivity index (χ4v) is 2.69. The molecular weight excluding hydrogens is 342 g/mol. The van der Waals surface area contributed by atoms with Gasteiger partial charge in [0.05, 0.1) is 11.0 Å². The van der Waals surface area contributed by atoms with Gasteiger partial charge in [0.2, 0.25) is 0 Å². The minimum absolute atomic E-state index is 0.000851. The molecule has 0 saturated carbocycles.